The van der Waals surface area contributed by atoms with Crippen LogP contribution in [0.1, 0.15) is 23.2 Å². The second kappa shape index (κ2) is 12.0. The third-order valence-electron chi connectivity index (χ3n) is 6.06. The highest BCUT2D eigenvalue weighted by Crippen LogP contribution is 2.25. The largest absolute Gasteiger partial charge is 0.480 e. The van der Waals surface area contributed by atoms with Crippen molar-refractivity contribution >= 4 is 33.5 Å². The van der Waals surface area contributed by atoms with Crippen molar-refractivity contribution in [1.29, 1.82) is 0 Å². The van der Waals surface area contributed by atoms with E-state index in [1.165, 1.54) is 42.5 Å². The molecule has 0 bridgehead atoms. The molecule has 200 valence electrons. The smallest absolute Gasteiger partial charge is 0.323 e. The molecule has 1 saturated heterocycles. The van der Waals surface area contributed by atoms with Crippen LogP contribution < -0.4 is 20.3 Å². The predicted octanol–water partition coefficient (Wildman–Crippen LogP) is 1.86. The Kier molecular flexibility index (Phi) is 8.48. The normalized spacial score (nSPS) is 15.0. The fourth-order valence-electron chi connectivity index (χ4n) is 4.05. The molecule has 1 atom stereocenters. The molecule has 1 aliphatic rings. The van der Waals surface area contributed by atoms with Crippen LogP contribution in [0.5, 0.6) is 0 Å². The van der Waals surface area contributed by atoms with Crippen molar-refractivity contribution < 1.29 is 27.5 Å². The summed E-state index contributed by atoms with van der Waals surface area (Å²) < 4.78 is 41.7. The molecule has 0 aliphatic carbocycles. The molecule has 3 aromatic rings. The van der Waals surface area contributed by atoms with E-state index in [1.54, 1.807) is 24.5 Å². The number of carboxylic acid groups (broad SMARTS) is 1. The summed E-state index contributed by atoms with van der Waals surface area (Å²) in [4.78, 5) is 34.5. The van der Waals surface area contributed by atoms with Gasteiger partial charge in [-0.3, -0.25) is 9.59 Å². The molecule has 1 aromatic heterocycles. The lowest BCUT2D eigenvalue weighted by Gasteiger charge is -2.34. The van der Waals surface area contributed by atoms with Crippen molar-refractivity contribution in [2.24, 2.45) is 0 Å². The van der Waals surface area contributed by atoms with Crippen LogP contribution >= 0.6 is 0 Å². The van der Waals surface area contributed by atoms with Crippen molar-refractivity contribution in [2.75, 3.05) is 29.9 Å². The number of hydrogen-bond donors (Lipinski definition) is 4. The van der Waals surface area contributed by atoms with Gasteiger partial charge < -0.3 is 20.6 Å². The lowest BCUT2D eigenvalue weighted by Crippen LogP contribution is -2.48. The number of anilines is 2. The van der Waals surface area contributed by atoms with E-state index in [-0.39, 0.29) is 22.2 Å². The minimum atomic E-state index is -4.12. The fraction of sp³-hybridized carbons (Fsp3) is 0.280. The molecule has 2 aromatic carbocycles. The summed E-state index contributed by atoms with van der Waals surface area (Å²) in [6.07, 6.45) is 4.70. The van der Waals surface area contributed by atoms with E-state index in [4.69, 9.17) is 0 Å². The molecule has 0 saturated carbocycles. The van der Waals surface area contributed by atoms with Crippen molar-refractivity contribution in [3.8, 4) is 0 Å². The third kappa shape index (κ3) is 6.81. The molecule has 38 heavy (non-hydrogen) atoms. The number of amides is 1. The van der Waals surface area contributed by atoms with Gasteiger partial charge in [-0.1, -0.05) is 18.2 Å². The second-order valence-electron chi connectivity index (χ2n) is 8.68. The Morgan fingerprint density at radius 1 is 1.05 bits per heavy atom. The number of nitrogens with zero attached hydrogens (tertiary/aromatic N) is 3. The van der Waals surface area contributed by atoms with Crippen LogP contribution in [0, 0.1) is 5.82 Å². The predicted molar refractivity (Wildman–Crippen MR) is 138 cm³/mol. The van der Waals surface area contributed by atoms with E-state index in [0.29, 0.717) is 31.9 Å². The summed E-state index contributed by atoms with van der Waals surface area (Å²) in [5.74, 6) is -2.07. The number of halogens is 1. The minimum Gasteiger partial charge on any atom is -0.480 e. The van der Waals surface area contributed by atoms with Gasteiger partial charge in [0.05, 0.1) is 10.6 Å². The maximum atomic E-state index is 14.7. The Bertz CT molecular complexity index is 1370. The quantitative estimate of drug-likeness (QED) is 0.301. The molecule has 2 heterocycles. The van der Waals surface area contributed by atoms with Crippen LogP contribution in [0.2, 0.25) is 0 Å². The van der Waals surface area contributed by atoms with Gasteiger partial charge in [-0.2, -0.15) is 4.72 Å². The number of piperidine rings is 1. The number of rotatable bonds is 10. The van der Waals surface area contributed by atoms with Crippen LogP contribution in [-0.4, -0.2) is 67.1 Å². The molecular weight excluding hydrogens is 515 g/mol. The molecule has 0 spiro atoms. The Morgan fingerprint density at radius 2 is 1.74 bits per heavy atom. The Labute approximate surface area is 219 Å². The average Bonchev–Trinajstić information content (AvgIpc) is 2.92. The van der Waals surface area contributed by atoms with Crippen LogP contribution in [-0.2, 0) is 14.8 Å². The molecule has 1 fully saturated rings. The average molecular weight is 543 g/mol. The number of carbonyl (C=O) groups is 2. The van der Waals surface area contributed by atoms with Gasteiger partial charge in [0.15, 0.2) is 0 Å². The molecule has 4 rings (SSSR count). The van der Waals surface area contributed by atoms with E-state index >= 15 is 0 Å². The topological polar surface area (TPSA) is 154 Å². The Morgan fingerprint density at radius 3 is 2.39 bits per heavy atom. The van der Waals surface area contributed by atoms with Crippen LogP contribution in [0.25, 0.3) is 0 Å². The van der Waals surface area contributed by atoms with E-state index in [9.17, 15) is 27.5 Å². The summed E-state index contributed by atoms with van der Waals surface area (Å²) in [5, 5.41) is 15.2. The van der Waals surface area contributed by atoms with Crippen LogP contribution in [0.15, 0.2) is 71.9 Å². The summed E-state index contributed by atoms with van der Waals surface area (Å²) >= 11 is 0. The first-order valence-electron chi connectivity index (χ1n) is 11.9. The van der Waals surface area contributed by atoms with Crippen molar-refractivity contribution in [3.63, 3.8) is 0 Å². The molecule has 0 radical (unpaired) electrons. The first kappa shape index (κ1) is 26.9. The van der Waals surface area contributed by atoms with Gasteiger partial charge in [-0.25, -0.2) is 22.8 Å². The zero-order chi connectivity index (χ0) is 27.1. The minimum absolute atomic E-state index is 0.101. The molecule has 4 N–H and O–H groups in total. The van der Waals surface area contributed by atoms with Gasteiger partial charge in [0.2, 0.25) is 16.0 Å². The van der Waals surface area contributed by atoms with Gasteiger partial charge in [0, 0.05) is 43.6 Å². The van der Waals surface area contributed by atoms with Gasteiger partial charge in [-0.15, -0.1) is 0 Å². The maximum Gasteiger partial charge on any atom is 0.323 e. The number of nitrogens with one attached hydrogen (secondary N) is 3. The van der Waals surface area contributed by atoms with E-state index in [2.05, 4.69) is 25.3 Å². The monoisotopic (exact) mass is 542 g/mol. The summed E-state index contributed by atoms with van der Waals surface area (Å²) in [7, 11) is -4.12. The first-order valence-corrected chi connectivity index (χ1v) is 13.4. The van der Waals surface area contributed by atoms with E-state index in [1.807, 2.05) is 4.90 Å². The standard InChI is InChI=1S/C25H27FN6O5S/c26-20-8-7-17(15-22(20)32-13-9-18(10-14-32)30-25-27-11-4-12-28-25)23(33)29-16-21(24(34)35)31-38(36,37)19-5-2-1-3-6-19/h1-8,11-12,15,18,21,31H,9-10,13-14,16H2,(H,29,33)(H,34,35)(H,27,28,30). The van der Waals surface area contributed by atoms with Crippen LogP contribution in [0.3, 0.4) is 0 Å². The Balaban J connectivity index is 1.37. The van der Waals surface area contributed by atoms with Gasteiger partial charge >= 0.3 is 5.97 Å². The zero-order valence-corrected chi connectivity index (χ0v) is 21.1. The molecule has 1 aliphatic heterocycles. The Hall–Kier alpha value is -4.10. The highest BCUT2D eigenvalue weighted by Gasteiger charge is 2.27. The molecule has 11 nitrogen and oxygen atoms in total. The van der Waals surface area contributed by atoms with E-state index in [0.717, 1.165) is 0 Å². The number of aromatic nitrogens is 2. The van der Waals surface area contributed by atoms with Gasteiger partial charge in [-0.05, 0) is 49.2 Å². The number of sulfonamides is 1. The second-order valence-corrected chi connectivity index (χ2v) is 10.4. The summed E-state index contributed by atoms with van der Waals surface area (Å²) in [5.41, 5.74) is 0.376. The molecule has 1 unspecified atom stereocenters. The van der Waals surface area contributed by atoms with E-state index < -0.39 is 40.3 Å². The number of benzene rings is 2. The number of hydrogen-bond acceptors (Lipinski definition) is 8. The number of carboxylic acids is 1. The highest BCUT2D eigenvalue weighted by molar-refractivity contribution is 7.89. The molecule has 1 amide bonds. The first-order chi connectivity index (χ1) is 18.2. The molecule has 13 heteroatoms. The summed E-state index contributed by atoms with van der Waals surface area (Å²) in [6, 6.07) is 11.4. The van der Waals surface area contributed by atoms with Crippen molar-refractivity contribution in [3.05, 3.63) is 78.4 Å². The lowest BCUT2D eigenvalue weighted by molar-refractivity contribution is -0.138. The van der Waals surface area contributed by atoms with Crippen LogP contribution in [0.4, 0.5) is 16.0 Å². The zero-order valence-electron chi connectivity index (χ0n) is 20.2. The molecular formula is C25H27FN6O5S. The highest BCUT2D eigenvalue weighted by atomic mass is 32.2. The third-order valence-corrected chi connectivity index (χ3v) is 7.55. The van der Waals surface area contributed by atoms with Gasteiger partial charge in [0.25, 0.3) is 5.91 Å². The number of aliphatic carboxylic acids is 1. The fourth-order valence-corrected chi connectivity index (χ4v) is 5.26. The maximum absolute atomic E-state index is 14.7. The lowest BCUT2D eigenvalue weighted by atomic mass is 10.0. The summed E-state index contributed by atoms with van der Waals surface area (Å²) in [6.45, 7) is 0.565. The SMILES string of the molecule is O=C(NCC(NS(=O)(=O)c1ccccc1)C(=O)O)c1ccc(F)c(N2CCC(Nc3ncccn3)CC2)c1. The van der Waals surface area contributed by atoms with Gasteiger partial charge in [0.1, 0.15) is 11.9 Å². The van der Waals surface area contributed by atoms with Crippen molar-refractivity contribution in [2.45, 2.75) is 29.8 Å². The number of carbonyl (C=O) groups excluding carboxylic acids is 1. The van der Waals surface area contributed by atoms with Crippen molar-refractivity contribution in [1.82, 2.24) is 20.0 Å².